The molecule has 0 saturated heterocycles. The fourth-order valence-electron chi connectivity index (χ4n) is 4.11. The molecule has 3 rings (SSSR count). The summed E-state index contributed by atoms with van der Waals surface area (Å²) in [5.74, 6) is -0.893. The first-order valence-corrected chi connectivity index (χ1v) is 15.8. The van der Waals surface area contributed by atoms with Crippen LogP contribution in [0.2, 0.25) is 15.1 Å². The van der Waals surface area contributed by atoms with Gasteiger partial charge in [-0.15, -0.1) is 0 Å². The highest BCUT2D eigenvalue weighted by Gasteiger charge is 2.34. The first-order chi connectivity index (χ1) is 19.8. The molecule has 3 aromatic carbocycles. The molecule has 0 aromatic heterocycles. The number of nitrogens with zero attached hydrogens (tertiary/aromatic N) is 2. The Balaban J connectivity index is 2.13. The summed E-state index contributed by atoms with van der Waals surface area (Å²) in [6.45, 7) is 6.37. The van der Waals surface area contributed by atoms with E-state index in [2.05, 4.69) is 5.32 Å². The Morgan fingerprint density at radius 2 is 1.60 bits per heavy atom. The SMILES string of the molecule is CC[C@H](C)NC(=O)[C@H](C)N(Cc1c(Cl)cccc1Cl)C(=O)CN(c1cc(Cl)ccc1OC)S(=O)(=O)c1ccc(C)cc1. The van der Waals surface area contributed by atoms with E-state index in [1.807, 2.05) is 20.8 Å². The van der Waals surface area contributed by atoms with Gasteiger partial charge in [0.1, 0.15) is 18.3 Å². The Labute approximate surface area is 262 Å². The summed E-state index contributed by atoms with van der Waals surface area (Å²) < 4.78 is 34.5. The third-order valence-electron chi connectivity index (χ3n) is 6.86. The van der Waals surface area contributed by atoms with E-state index in [0.29, 0.717) is 22.0 Å². The highest BCUT2D eigenvalue weighted by Crippen LogP contribution is 2.35. The van der Waals surface area contributed by atoms with Crippen LogP contribution in [0, 0.1) is 6.92 Å². The number of halogens is 3. The summed E-state index contributed by atoms with van der Waals surface area (Å²) in [6.07, 6.45) is 0.680. The molecular formula is C30H34Cl3N3O5S. The third-order valence-corrected chi connectivity index (χ3v) is 9.57. The molecule has 0 aliphatic carbocycles. The minimum Gasteiger partial charge on any atom is -0.495 e. The van der Waals surface area contributed by atoms with Gasteiger partial charge >= 0.3 is 0 Å². The van der Waals surface area contributed by atoms with Crippen LogP contribution < -0.4 is 14.4 Å². The second kappa shape index (κ2) is 14.5. The molecule has 226 valence electrons. The molecule has 0 spiro atoms. The highest BCUT2D eigenvalue weighted by atomic mass is 35.5. The van der Waals surface area contributed by atoms with Gasteiger partial charge in [-0.2, -0.15) is 0 Å². The fourth-order valence-corrected chi connectivity index (χ4v) is 6.21. The number of amides is 2. The van der Waals surface area contributed by atoms with Crippen LogP contribution in [0.1, 0.15) is 38.3 Å². The van der Waals surface area contributed by atoms with E-state index in [1.54, 1.807) is 43.3 Å². The number of benzene rings is 3. The van der Waals surface area contributed by atoms with Crippen LogP contribution in [0.15, 0.2) is 65.6 Å². The Morgan fingerprint density at radius 1 is 0.976 bits per heavy atom. The number of rotatable bonds is 12. The summed E-state index contributed by atoms with van der Waals surface area (Å²) in [6, 6.07) is 14.5. The standard InChI is InChI=1S/C30H34Cl3N3O5S/c1-6-20(3)34-30(38)21(4)35(17-24-25(32)8-7-9-26(24)33)29(37)18-36(27-16-22(31)12-15-28(27)41-5)42(39,40)23-13-10-19(2)11-14-23/h7-16,20-21H,6,17-18H2,1-5H3,(H,34,38)/t20-,21-/m0/s1. The molecule has 8 nitrogen and oxygen atoms in total. The lowest BCUT2D eigenvalue weighted by atomic mass is 10.1. The van der Waals surface area contributed by atoms with Gasteiger partial charge in [0.15, 0.2) is 0 Å². The molecular weight excluding hydrogens is 621 g/mol. The van der Waals surface area contributed by atoms with Gasteiger partial charge in [-0.1, -0.05) is 65.5 Å². The van der Waals surface area contributed by atoms with Crippen LogP contribution in [0.25, 0.3) is 0 Å². The van der Waals surface area contributed by atoms with Crippen molar-refractivity contribution in [3.05, 3.63) is 86.9 Å². The molecule has 0 radical (unpaired) electrons. The van der Waals surface area contributed by atoms with Crippen LogP contribution in [0.4, 0.5) is 5.69 Å². The molecule has 3 aromatic rings. The zero-order valence-corrected chi connectivity index (χ0v) is 27.1. The van der Waals surface area contributed by atoms with Crippen molar-refractivity contribution in [3.8, 4) is 5.75 Å². The van der Waals surface area contributed by atoms with Gasteiger partial charge in [-0.3, -0.25) is 13.9 Å². The number of carbonyl (C=O) groups excluding carboxylic acids is 2. The normalized spacial score (nSPS) is 12.8. The smallest absolute Gasteiger partial charge is 0.264 e. The first kappa shape index (κ1) is 33.5. The number of sulfonamides is 1. The number of hydrogen-bond acceptors (Lipinski definition) is 5. The van der Waals surface area contributed by atoms with Gasteiger partial charge < -0.3 is 15.0 Å². The zero-order chi connectivity index (χ0) is 31.2. The van der Waals surface area contributed by atoms with Crippen LogP contribution in [-0.2, 0) is 26.2 Å². The molecule has 0 bridgehead atoms. The van der Waals surface area contributed by atoms with Gasteiger partial charge in [0, 0.05) is 33.2 Å². The van der Waals surface area contributed by atoms with Gasteiger partial charge in [-0.05, 0) is 69.7 Å². The Hall–Kier alpha value is -2.98. The summed E-state index contributed by atoms with van der Waals surface area (Å²) >= 11 is 19.1. The van der Waals surface area contributed by atoms with E-state index in [4.69, 9.17) is 39.5 Å². The van der Waals surface area contributed by atoms with E-state index < -0.39 is 34.4 Å². The average molecular weight is 655 g/mol. The average Bonchev–Trinajstić information content (AvgIpc) is 2.95. The van der Waals surface area contributed by atoms with Crippen molar-refractivity contribution in [2.45, 2.75) is 57.6 Å². The molecule has 0 fully saturated rings. The van der Waals surface area contributed by atoms with E-state index in [-0.39, 0.29) is 33.9 Å². The van der Waals surface area contributed by atoms with Crippen molar-refractivity contribution in [1.29, 1.82) is 0 Å². The lowest BCUT2D eigenvalue weighted by molar-refractivity contribution is -0.139. The molecule has 0 saturated carbocycles. The molecule has 2 atom stereocenters. The minimum absolute atomic E-state index is 0.0359. The number of carbonyl (C=O) groups is 2. The predicted octanol–water partition coefficient (Wildman–Crippen LogP) is 6.49. The second-order valence-electron chi connectivity index (χ2n) is 9.86. The second-order valence-corrected chi connectivity index (χ2v) is 13.0. The maximum atomic E-state index is 14.2. The summed E-state index contributed by atoms with van der Waals surface area (Å²) in [4.78, 5) is 28.6. The molecule has 42 heavy (non-hydrogen) atoms. The van der Waals surface area contributed by atoms with Crippen molar-refractivity contribution < 1.29 is 22.7 Å². The summed E-state index contributed by atoms with van der Waals surface area (Å²) in [5, 5.41) is 3.73. The van der Waals surface area contributed by atoms with Crippen LogP contribution in [-0.4, -0.2) is 50.9 Å². The van der Waals surface area contributed by atoms with Gasteiger partial charge in [0.05, 0.1) is 17.7 Å². The van der Waals surface area contributed by atoms with Crippen molar-refractivity contribution in [2.75, 3.05) is 18.0 Å². The van der Waals surface area contributed by atoms with Crippen LogP contribution in [0.3, 0.4) is 0 Å². The monoisotopic (exact) mass is 653 g/mol. The van der Waals surface area contributed by atoms with Gasteiger partial charge in [-0.25, -0.2) is 8.42 Å². The molecule has 0 aliphatic heterocycles. The third kappa shape index (κ3) is 7.89. The summed E-state index contributed by atoms with van der Waals surface area (Å²) in [5.41, 5.74) is 1.35. The van der Waals surface area contributed by atoms with Crippen molar-refractivity contribution in [3.63, 3.8) is 0 Å². The number of methoxy groups -OCH3 is 1. The van der Waals surface area contributed by atoms with Crippen molar-refractivity contribution in [1.82, 2.24) is 10.2 Å². The largest absolute Gasteiger partial charge is 0.495 e. The van der Waals surface area contributed by atoms with E-state index in [9.17, 15) is 18.0 Å². The van der Waals surface area contributed by atoms with Crippen LogP contribution >= 0.6 is 34.8 Å². The Morgan fingerprint density at radius 3 is 2.17 bits per heavy atom. The lowest BCUT2D eigenvalue weighted by Crippen LogP contribution is -2.52. The highest BCUT2D eigenvalue weighted by molar-refractivity contribution is 7.92. The predicted molar refractivity (Wildman–Crippen MR) is 168 cm³/mol. The fraction of sp³-hybridized carbons (Fsp3) is 0.333. The lowest BCUT2D eigenvalue weighted by Gasteiger charge is -2.33. The molecule has 0 unspecified atom stereocenters. The van der Waals surface area contributed by atoms with Gasteiger partial charge in [0.25, 0.3) is 10.0 Å². The van der Waals surface area contributed by atoms with E-state index in [0.717, 1.165) is 9.87 Å². The van der Waals surface area contributed by atoms with E-state index in [1.165, 1.54) is 36.3 Å². The maximum absolute atomic E-state index is 14.2. The number of hydrogen-bond donors (Lipinski definition) is 1. The van der Waals surface area contributed by atoms with E-state index >= 15 is 0 Å². The van der Waals surface area contributed by atoms with Gasteiger partial charge in [0.2, 0.25) is 11.8 Å². The quantitative estimate of drug-likeness (QED) is 0.241. The number of aryl methyl sites for hydroxylation is 1. The molecule has 0 aliphatic rings. The number of ether oxygens (including phenoxy) is 1. The summed E-state index contributed by atoms with van der Waals surface area (Å²) in [7, 11) is -2.93. The first-order valence-electron chi connectivity index (χ1n) is 13.3. The van der Waals surface area contributed by atoms with Crippen molar-refractivity contribution >= 4 is 62.3 Å². The molecule has 2 amide bonds. The molecule has 0 heterocycles. The zero-order valence-electron chi connectivity index (χ0n) is 24.0. The molecule has 1 N–H and O–H groups in total. The topological polar surface area (TPSA) is 96.0 Å². The minimum atomic E-state index is -4.31. The number of nitrogens with one attached hydrogen (secondary N) is 1. The molecule has 12 heteroatoms. The van der Waals surface area contributed by atoms with Crippen molar-refractivity contribution in [2.24, 2.45) is 0 Å². The Kier molecular flexibility index (Phi) is 11.5. The maximum Gasteiger partial charge on any atom is 0.264 e. The number of anilines is 1. The van der Waals surface area contributed by atoms with Crippen LogP contribution in [0.5, 0.6) is 5.75 Å². The Bertz CT molecular complexity index is 1510.